The fraction of sp³-hybridized carbons (Fsp3) is 0.222. The zero-order chi connectivity index (χ0) is 11.2. The molecule has 0 saturated heterocycles. The number of hydrogen-bond acceptors (Lipinski definition) is 2. The van der Waals surface area contributed by atoms with Crippen LogP contribution in [0.5, 0.6) is 0 Å². The van der Waals surface area contributed by atoms with E-state index in [0.29, 0.717) is 10.4 Å². The van der Waals surface area contributed by atoms with Gasteiger partial charge >= 0.3 is 5.69 Å². The van der Waals surface area contributed by atoms with Crippen molar-refractivity contribution in [2.24, 2.45) is 14.1 Å². The minimum Gasteiger partial charge on any atom is -0.302 e. The van der Waals surface area contributed by atoms with Gasteiger partial charge in [0.2, 0.25) is 0 Å². The highest BCUT2D eigenvalue weighted by molar-refractivity contribution is 7.79. The molecule has 0 amide bonds. The topological polar surface area (TPSA) is 64.2 Å². The molecule has 0 bridgehead atoms. The molecule has 1 atom stereocenters. The Morgan fingerprint density at radius 2 is 1.80 bits per heavy atom. The van der Waals surface area contributed by atoms with Crippen LogP contribution in [0.25, 0.3) is 11.0 Å². The molecule has 1 unspecified atom stereocenters. The summed E-state index contributed by atoms with van der Waals surface area (Å²) < 4.78 is 22.7. The van der Waals surface area contributed by atoms with Gasteiger partial charge < -0.3 is 4.55 Å². The third kappa shape index (κ3) is 1.42. The molecule has 1 heterocycles. The van der Waals surface area contributed by atoms with E-state index in [1.165, 1.54) is 15.2 Å². The first-order valence-electron chi connectivity index (χ1n) is 4.28. The quantitative estimate of drug-likeness (QED) is 0.718. The molecule has 0 radical (unpaired) electrons. The summed E-state index contributed by atoms with van der Waals surface area (Å²) in [7, 11) is 3.30. The standard InChI is InChI=1S/C9H10N2O3S/c1-10-7-4-3-6(15(13)14)5-8(7)11(2)9(10)12/h3-5H,1-2H3,(H,13,14). The molecule has 1 aromatic heterocycles. The van der Waals surface area contributed by atoms with E-state index in [1.807, 2.05) is 0 Å². The normalized spacial score (nSPS) is 13.3. The Balaban J connectivity index is 2.89. The van der Waals surface area contributed by atoms with Gasteiger partial charge in [0.1, 0.15) is 0 Å². The van der Waals surface area contributed by atoms with Crippen LogP contribution in [0.3, 0.4) is 0 Å². The molecule has 5 nitrogen and oxygen atoms in total. The van der Waals surface area contributed by atoms with Crippen LogP contribution in [0.1, 0.15) is 0 Å². The summed E-state index contributed by atoms with van der Waals surface area (Å²) in [6.45, 7) is 0. The maximum atomic E-state index is 11.6. The van der Waals surface area contributed by atoms with Gasteiger partial charge in [0, 0.05) is 14.1 Å². The van der Waals surface area contributed by atoms with Crippen LogP contribution in [0.2, 0.25) is 0 Å². The summed E-state index contributed by atoms with van der Waals surface area (Å²) in [6, 6.07) is 4.75. The van der Waals surface area contributed by atoms with E-state index in [4.69, 9.17) is 4.55 Å². The number of aryl methyl sites for hydroxylation is 2. The van der Waals surface area contributed by atoms with Crippen LogP contribution in [-0.4, -0.2) is 17.9 Å². The number of imidazole rings is 1. The average molecular weight is 226 g/mol. The number of hydrogen-bond donors (Lipinski definition) is 1. The Morgan fingerprint density at radius 1 is 1.20 bits per heavy atom. The smallest absolute Gasteiger partial charge is 0.302 e. The van der Waals surface area contributed by atoms with Crippen molar-refractivity contribution in [1.82, 2.24) is 9.13 Å². The molecular formula is C9H10N2O3S. The number of fused-ring (bicyclic) bond motifs is 1. The number of benzene rings is 1. The van der Waals surface area contributed by atoms with Crippen LogP contribution in [0, 0.1) is 0 Å². The van der Waals surface area contributed by atoms with Gasteiger partial charge in [-0.15, -0.1) is 0 Å². The van der Waals surface area contributed by atoms with Crippen LogP contribution in [0.4, 0.5) is 0 Å². The van der Waals surface area contributed by atoms with E-state index in [0.717, 1.165) is 5.52 Å². The second-order valence-corrected chi connectivity index (χ2v) is 4.27. The Kier molecular flexibility index (Phi) is 2.24. The zero-order valence-electron chi connectivity index (χ0n) is 8.30. The van der Waals surface area contributed by atoms with Crippen molar-refractivity contribution in [3.63, 3.8) is 0 Å². The van der Waals surface area contributed by atoms with E-state index in [9.17, 15) is 9.00 Å². The van der Waals surface area contributed by atoms with Gasteiger partial charge in [-0.05, 0) is 18.2 Å². The summed E-state index contributed by atoms with van der Waals surface area (Å²) in [5, 5.41) is 0. The van der Waals surface area contributed by atoms with E-state index in [1.54, 1.807) is 26.2 Å². The third-order valence-corrected chi connectivity index (χ3v) is 3.10. The van der Waals surface area contributed by atoms with Gasteiger partial charge in [-0.25, -0.2) is 9.00 Å². The second-order valence-electron chi connectivity index (χ2n) is 3.30. The molecule has 15 heavy (non-hydrogen) atoms. The van der Waals surface area contributed by atoms with Crippen LogP contribution in [-0.2, 0) is 25.2 Å². The first-order valence-corrected chi connectivity index (χ1v) is 5.39. The Labute approximate surface area is 88.2 Å². The van der Waals surface area contributed by atoms with Crippen LogP contribution >= 0.6 is 0 Å². The molecule has 80 valence electrons. The fourth-order valence-electron chi connectivity index (χ4n) is 1.60. The highest BCUT2D eigenvalue weighted by Gasteiger charge is 2.09. The molecule has 0 saturated carbocycles. The van der Waals surface area contributed by atoms with Crippen molar-refractivity contribution in [3.05, 3.63) is 28.7 Å². The molecule has 2 aromatic rings. The SMILES string of the molecule is Cn1c(=O)n(C)c2cc(S(=O)O)ccc21. The first-order chi connectivity index (χ1) is 7.02. The predicted molar refractivity (Wildman–Crippen MR) is 57.2 cm³/mol. The van der Waals surface area contributed by atoms with E-state index >= 15 is 0 Å². The summed E-state index contributed by atoms with van der Waals surface area (Å²) in [4.78, 5) is 11.9. The summed E-state index contributed by atoms with van der Waals surface area (Å²) in [5.74, 6) is 0. The Hall–Kier alpha value is -1.40. The van der Waals surface area contributed by atoms with E-state index in [-0.39, 0.29) is 5.69 Å². The number of nitrogens with zero attached hydrogens (tertiary/aromatic N) is 2. The van der Waals surface area contributed by atoms with Crippen molar-refractivity contribution in [3.8, 4) is 0 Å². The van der Waals surface area contributed by atoms with Crippen LogP contribution in [0.15, 0.2) is 27.9 Å². The molecule has 0 fully saturated rings. The Bertz CT molecular complexity index is 612. The predicted octanol–water partition coefficient (Wildman–Crippen LogP) is 0.458. The van der Waals surface area contributed by atoms with Crippen molar-refractivity contribution >= 4 is 22.1 Å². The molecule has 0 aliphatic heterocycles. The van der Waals surface area contributed by atoms with Gasteiger partial charge in [0.05, 0.1) is 15.9 Å². The lowest BCUT2D eigenvalue weighted by Crippen LogP contribution is -2.19. The van der Waals surface area contributed by atoms with Gasteiger partial charge in [-0.3, -0.25) is 9.13 Å². The van der Waals surface area contributed by atoms with Gasteiger partial charge in [-0.2, -0.15) is 0 Å². The van der Waals surface area contributed by atoms with Crippen molar-refractivity contribution in [1.29, 1.82) is 0 Å². The average Bonchev–Trinajstić information content (AvgIpc) is 2.44. The molecule has 6 heteroatoms. The maximum Gasteiger partial charge on any atom is 0.328 e. The van der Waals surface area contributed by atoms with Gasteiger partial charge in [0.15, 0.2) is 11.1 Å². The molecule has 2 rings (SSSR count). The Morgan fingerprint density at radius 3 is 2.40 bits per heavy atom. The maximum absolute atomic E-state index is 11.6. The second kappa shape index (κ2) is 3.32. The number of rotatable bonds is 1. The monoisotopic (exact) mass is 226 g/mol. The summed E-state index contributed by atoms with van der Waals surface area (Å²) in [5.41, 5.74) is 1.25. The summed E-state index contributed by atoms with van der Waals surface area (Å²) >= 11 is -2.02. The van der Waals surface area contributed by atoms with Gasteiger partial charge in [-0.1, -0.05) is 0 Å². The lowest BCUT2D eigenvalue weighted by atomic mass is 10.3. The largest absolute Gasteiger partial charge is 0.328 e. The molecule has 1 N–H and O–H groups in total. The number of aromatic nitrogens is 2. The third-order valence-electron chi connectivity index (χ3n) is 2.45. The van der Waals surface area contributed by atoms with Crippen molar-refractivity contribution in [2.45, 2.75) is 4.90 Å². The lowest BCUT2D eigenvalue weighted by Gasteiger charge is -1.97. The van der Waals surface area contributed by atoms with E-state index in [2.05, 4.69) is 0 Å². The molecule has 0 spiro atoms. The highest BCUT2D eigenvalue weighted by atomic mass is 32.2. The zero-order valence-corrected chi connectivity index (χ0v) is 9.11. The fourth-order valence-corrected chi connectivity index (χ4v) is 1.99. The minimum absolute atomic E-state index is 0.147. The first kappa shape index (κ1) is 10.1. The highest BCUT2D eigenvalue weighted by Crippen LogP contribution is 2.15. The minimum atomic E-state index is -2.02. The van der Waals surface area contributed by atoms with Crippen molar-refractivity contribution in [2.75, 3.05) is 0 Å². The van der Waals surface area contributed by atoms with Crippen LogP contribution < -0.4 is 5.69 Å². The summed E-state index contributed by atoms with van der Waals surface area (Å²) in [6.07, 6.45) is 0. The molecule has 1 aromatic carbocycles. The lowest BCUT2D eigenvalue weighted by molar-refractivity contribution is 0.564. The van der Waals surface area contributed by atoms with Crippen molar-refractivity contribution < 1.29 is 8.76 Å². The molecule has 0 aliphatic carbocycles. The van der Waals surface area contributed by atoms with E-state index < -0.39 is 11.1 Å². The van der Waals surface area contributed by atoms with Gasteiger partial charge in [0.25, 0.3) is 0 Å². The molecule has 0 aliphatic rings. The molecular weight excluding hydrogens is 216 g/mol.